The molecule has 2 aromatic heterocycles. The van der Waals surface area contributed by atoms with Crippen LogP contribution < -0.4 is 19.6 Å². The van der Waals surface area contributed by atoms with E-state index in [0.717, 1.165) is 16.6 Å². The Balaban J connectivity index is 1.77. The van der Waals surface area contributed by atoms with Crippen LogP contribution in [0.25, 0.3) is 22.1 Å². The molecule has 1 N–H and O–H groups in total. The van der Waals surface area contributed by atoms with Crippen LogP contribution >= 0.6 is 11.3 Å². The SMILES string of the molecule is CCOc1cc(/C=c2/sc3nc4ccccc4n3c2=O)ccc1O[C@H](C)C(=O)O. The van der Waals surface area contributed by atoms with E-state index in [0.29, 0.717) is 27.6 Å². The number of carboxylic acids is 1. The van der Waals surface area contributed by atoms with Gasteiger partial charge in [-0.3, -0.25) is 4.79 Å². The molecule has 0 fully saturated rings. The molecule has 0 amide bonds. The lowest BCUT2D eigenvalue weighted by molar-refractivity contribution is -0.144. The minimum atomic E-state index is -1.06. The molecule has 29 heavy (non-hydrogen) atoms. The Morgan fingerprint density at radius 1 is 1.28 bits per heavy atom. The van der Waals surface area contributed by atoms with Gasteiger partial charge in [0.25, 0.3) is 5.56 Å². The third-order valence-corrected chi connectivity index (χ3v) is 5.33. The summed E-state index contributed by atoms with van der Waals surface area (Å²) in [6.07, 6.45) is 0.763. The monoisotopic (exact) mass is 410 g/mol. The second kappa shape index (κ2) is 7.56. The van der Waals surface area contributed by atoms with Crippen molar-refractivity contribution in [3.8, 4) is 11.5 Å². The molecular formula is C21H18N2O5S. The zero-order chi connectivity index (χ0) is 20.5. The second-order valence-electron chi connectivity index (χ2n) is 6.37. The zero-order valence-electron chi connectivity index (χ0n) is 15.8. The first kappa shape index (κ1) is 18.9. The number of hydrogen-bond acceptors (Lipinski definition) is 6. The van der Waals surface area contributed by atoms with E-state index in [9.17, 15) is 9.59 Å². The van der Waals surface area contributed by atoms with Crippen molar-refractivity contribution in [1.29, 1.82) is 0 Å². The summed E-state index contributed by atoms with van der Waals surface area (Å²) in [5.74, 6) is -0.296. The summed E-state index contributed by atoms with van der Waals surface area (Å²) in [4.78, 5) is 29.1. The van der Waals surface area contributed by atoms with Gasteiger partial charge in [-0.1, -0.05) is 29.5 Å². The van der Waals surface area contributed by atoms with Gasteiger partial charge in [-0.15, -0.1) is 0 Å². The summed E-state index contributed by atoms with van der Waals surface area (Å²) < 4.78 is 13.2. The van der Waals surface area contributed by atoms with Crippen molar-refractivity contribution in [1.82, 2.24) is 9.38 Å². The predicted octanol–water partition coefficient (Wildman–Crippen LogP) is 2.71. The van der Waals surface area contributed by atoms with E-state index >= 15 is 0 Å². The molecule has 0 aliphatic rings. The van der Waals surface area contributed by atoms with Crippen molar-refractivity contribution < 1.29 is 19.4 Å². The highest BCUT2D eigenvalue weighted by molar-refractivity contribution is 7.15. The van der Waals surface area contributed by atoms with Gasteiger partial charge < -0.3 is 14.6 Å². The van der Waals surface area contributed by atoms with Crippen molar-refractivity contribution in [2.75, 3.05) is 6.61 Å². The summed E-state index contributed by atoms with van der Waals surface area (Å²) in [6.45, 7) is 3.68. The quantitative estimate of drug-likeness (QED) is 0.526. The normalized spacial score (nSPS) is 13.1. The van der Waals surface area contributed by atoms with E-state index in [2.05, 4.69) is 4.98 Å². The van der Waals surface area contributed by atoms with Crippen LogP contribution in [0.4, 0.5) is 0 Å². The van der Waals surface area contributed by atoms with Crippen molar-refractivity contribution in [2.24, 2.45) is 0 Å². The molecule has 2 aromatic carbocycles. The molecule has 148 valence electrons. The first-order chi connectivity index (χ1) is 14.0. The van der Waals surface area contributed by atoms with Gasteiger partial charge in [0.2, 0.25) is 0 Å². The van der Waals surface area contributed by atoms with Crippen LogP contribution in [0.2, 0.25) is 0 Å². The number of imidazole rings is 1. The number of nitrogens with zero attached hydrogens (tertiary/aromatic N) is 2. The van der Waals surface area contributed by atoms with Crippen LogP contribution in [-0.2, 0) is 4.79 Å². The summed E-state index contributed by atoms with van der Waals surface area (Å²) in [5.41, 5.74) is 2.19. The third-order valence-electron chi connectivity index (χ3n) is 4.36. The van der Waals surface area contributed by atoms with E-state index in [1.165, 1.54) is 18.3 Å². The minimum absolute atomic E-state index is 0.128. The number of para-hydroxylation sites is 2. The van der Waals surface area contributed by atoms with Crippen LogP contribution in [0, 0.1) is 0 Å². The van der Waals surface area contributed by atoms with Gasteiger partial charge >= 0.3 is 5.97 Å². The lowest BCUT2D eigenvalue weighted by atomic mass is 10.2. The molecule has 0 aliphatic heterocycles. The minimum Gasteiger partial charge on any atom is -0.490 e. The number of hydrogen-bond donors (Lipinski definition) is 1. The summed E-state index contributed by atoms with van der Waals surface area (Å²) in [5, 5.41) is 9.05. The van der Waals surface area contributed by atoms with Crippen LogP contribution in [0.1, 0.15) is 19.4 Å². The zero-order valence-corrected chi connectivity index (χ0v) is 16.6. The smallest absolute Gasteiger partial charge is 0.344 e. The molecule has 0 saturated carbocycles. The molecule has 0 saturated heterocycles. The van der Waals surface area contributed by atoms with Gasteiger partial charge in [0.15, 0.2) is 22.6 Å². The molecule has 0 radical (unpaired) electrons. The average Bonchev–Trinajstić information content (AvgIpc) is 3.20. The Labute approximate surface area is 169 Å². The highest BCUT2D eigenvalue weighted by Gasteiger charge is 2.16. The fraction of sp³-hybridized carbons (Fsp3) is 0.190. The van der Waals surface area contributed by atoms with Gasteiger partial charge in [0, 0.05) is 0 Å². The van der Waals surface area contributed by atoms with Crippen molar-refractivity contribution in [3.05, 3.63) is 62.9 Å². The summed E-state index contributed by atoms with van der Waals surface area (Å²) in [6, 6.07) is 12.7. The molecule has 1 atom stereocenters. The maximum absolute atomic E-state index is 12.9. The Kier molecular flexibility index (Phi) is 4.94. The van der Waals surface area contributed by atoms with Crippen molar-refractivity contribution >= 4 is 39.4 Å². The number of benzene rings is 2. The predicted molar refractivity (Wildman–Crippen MR) is 111 cm³/mol. The van der Waals surface area contributed by atoms with Crippen LogP contribution in [0.15, 0.2) is 47.3 Å². The number of aliphatic carboxylic acids is 1. The highest BCUT2D eigenvalue weighted by atomic mass is 32.1. The molecule has 2 heterocycles. The molecule has 0 unspecified atom stereocenters. The first-order valence-electron chi connectivity index (χ1n) is 9.06. The Morgan fingerprint density at radius 2 is 2.07 bits per heavy atom. The van der Waals surface area contributed by atoms with Gasteiger partial charge in [0.05, 0.1) is 22.2 Å². The van der Waals surface area contributed by atoms with Crippen LogP contribution in [0.5, 0.6) is 11.5 Å². The number of aromatic nitrogens is 2. The molecule has 0 bridgehead atoms. The number of carboxylic acid groups (broad SMARTS) is 1. The largest absolute Gasteiger partial charge is 0.490 e. The number of carbonyl (C=O) groups is 1. The Hall–Kier alpha value is -3.39. The number of rotatable bonds is 6. The number of fused-ring (bicyclic) bond motifs is 3. The third kappa shape index (κ3) is 3.54. The standard InChI is InChI=1S/C21H18N2O5S/c1-3-27-17-10-13(8-9-16(17)28-12(2)20(25)26)11-18-19(24)23-15-7-5-4-6-14(15)22-21(23)29-18/h4-12H,3H2,1-2H3,(H,25,26)/b18-11+/t12-/m1/s1. The molecule has 4 rings (SSSR count). The molecule has 4 aromatic rings. The average molecular weight is 410 g/mol. The van der Waals surface area contributed by atoms with E-state index < -0.39 is 12.1 Å². The van der Waals surface area contributed by atoms with Gasteiger partial charge in [-0.05, 0) is 49.8 Å². The first-order valence-corrected chi connectivity index (χ1v) is 9.87. The Morgan fingerprint density at radius 3 is 2.83 bits per heavy atom. The lowest BCUT2D eigenvalue weighted by Gasteiger charge is -2.15. The highest BCUT2D eigenvalue weighted by Crippen LogP contribution is 2.30. The van der Waals surface area contributed by atoms with Crippen molar-refractivity contribution in [3.63, 3.8) is 0 Å². The van der Waals surface area contributed by atoms with E-state index in [4.69, 9.17) is 14.6 Å². The maximum Gasteiger partial charge on any atom is 0.344 e. The topological polar surface area (TPSA) is 90.1 Å². The van der Waals surface area contributed by atoms with Gasteiger partial charge in [-0.2, -0.15) is 0 Å². The maximum atomic E-state index is 12.9. The van der Waals surface area contributed by atoms with Crippen LogP contribution in [0.3, 0.4) is 0 Å². The van der Waals surface area contributed by atoms with E-state index in [-0.39, 0.29) is 5.56 Å². The summed E-state index contributed by atoms with van der Waals surface area (Å²) >= 11 is 1.32. The molecule has 0 spiro atoms. The fourth-order valence-corrected chi connectivity index (χ4v) is 3.97. The Bertz CT molecular complexity index is 1320. The van der Waals surface area contributed by atoms with Crippen LogP contribution in [-0.4, -0.2) is 33.2 Å². The number of ether oxygens (including phenoxy) is 2. The van der Waals surface area contributed by atoms with Crippen molar-refractivity contribution in [2.45, 2.75) is 20.0 Å². The lowest BCUT2D eigenvalue weighted by Crippen LogP contribution is -2.23. The van der Waals surface area contributed by atoms with Gasteiger partial charge in [0.1, 0.15) is 0 Å². The molecule has 0 aliphatic carbocycles. The molecule has 8 heteroatoms. The second-order valence-corrected chi connectivity index (χ2v) is 7.38. The molecule has 7 nitrogen and oxygen atoms in total. The summed E-state index contributed by atoms with van der Waals surface area (Å²) in [7, 11) is 0. The number of thiazole rings is 1. The molecular weight excluding hydrogens is 392 g/mol. The fourth-order valence-electron chi connectivity index (χ4n) is 2.98. The van der Waals surface area contributed by atoms with E-state index in [1.807, 2.05) is 31.2 Å². The van der Waals surface area contributed by atoms with E-state index in [1.54, 1.807) is 28.7 Å². The van der Waals surface area contributed by atoms with Gasteiger partial charge in [-0.25, -0.2) is 14.2 Å².